The van der Waals surface area contributed by atoms with Gasteiger partial charge in [-0.25, -0.2) is 0 Å². The first-order chi connectivity index (χ1) is 13.0. The summed E-state index contributed by atoms with van der Waals surface area (Å²) in [7, 11) is 1.48. The molecular formula is C20H17ClN2O4. The number of halogens is 1. The smallest absolute Gasteiger partial charge is 0.254 e. The van der Waals surface area contributed by atoms with E-state index in [9.17, 15) is 9.59 Å². The molecular weight excluding hydrogens is 368 g/mol. The van der Waals surface area contributed by atoms with E-state index in [2.05, 4.69) is 11.0 Å². The molecule has 1 aromatic carbocycles. The van der Waals surface area contributed by atoms with Crippen LogP contribution in [-0.4, -0.2) is 36.8 Å². The number of methoxy groups -OCH3 is 1. The zero-order valence-electron chi connectivity index (χ0n) is 14.6. The number of imide groups is 1. The number of hydrogen-bond donors (Lipinski definition) is 0. The average molecular weight is 385 g/mol. The number of ether oxygens (including phenoxy) is 2. The number of carbonyl (C=O) groups is 2. The Morgan fingerprint density at radius 2 is 1.96 bits per heavy atom. The molecule has 4 rings (SSSR count). The minimum absolute atomic E-state index is 0.0550. The van der Waals surface area contributed by atoms with Gasteiger partial charge < -0.3 is 9.47 Å². The third kappa shape index (κ3) is 2.79. The van der Waals surface area contributed by atoms with E-state index in [1.54, 1.807) is 12.1 Å². The van der Waals surface area contributed by atoms with Gasteiger partial charge in [-0.3, -0.25) is 9.59 Å². The van der Waals surface area contributed by atoms with Gasteiger partial charge in [-0.05, 0) is 36.0 Å². The maximum atomic E-state index is 12.6. The summed E-state index contributed by atoms with van der Waals surface area (Å²) in [6.45, 7) is 0.0550. The highest BCUT2D eigenvalue weighted by Gasteiger charge is 2.59. The maximum Gasteiger partial charge on any atom is 0.254 e. The molecule has 2 bridgehead atoms. The Morgan fingerprint density at radius 1 is 1.30 bits per heavy atom. The lowest BCUT2D eigenvalue weighted by Gasteiger charge is -2.13. The quantitative estimate of drug-likeness (QED) is 0.338. The van der Waals surface area contributed by atoms with Crippen LogP contribution in [0.5, 0.6) is 11.5 Å². The van der Waals surface area contributed by atoms with Crippen molar-refractivity contribution < 1.29 is 19.1 Å². The second-order valence-corrected chi connectivity index (χ2v) is 7.17. The van der Waals surface area contributed by atoms with Crippen molar-refractivity contribution in [2.45, 2.75) is 6.42 Å². The first-order valence-electron chi connectivity index (χ1n) is 8.59. The molecule has 2 fully saturated rings. The van der Waals surface area contributed by atoms with Gasteiger partial charge in [-0.1, -0.05) is 29.7 Å². The van der Waals surface area contributed by atoms with E-state index in [0.717, 1.165) is 11.4 Å². The van der Waals surface area contributed by atoms with E-state index in [1.807, 2.05) is 12.2 Å². The van der Waals surface area contributed by atoms with Gasteiger partial charge in [0.05, 0.1) is 30.2 Å². The predicted octanol–water partition coefficient (Wildman–Crippen LogP) is 2.50. The number of hydrogen-bond acceptors (Lipinski definition) is 5. The molecule has 6 nitrogen and oxygen atoms in total. The van der Waals surface area contributed by atoms with Gasteiger partial charge in [-0.2, -0.15) is 10.1 Å². The van der Waals surface area contributed by atoms with Crippen molar-refractivity contribution in [2.24, 2.45) is 28.8 Å². The maximum absolute atomic E-state index is 12.6. The van der Waals surface area contributed by atoms with Gasteiger partial charge in [0, 0.05) is 0 Å². The average Bonchev–Trinajstić information content (AvgIpc) is 3.33. The molecule has 2 aliphatic carbocycles. The lowest BCUT2D eigenvalue weighted by molar-refractivity contribution is -0.140. The molecule has 1 saturated heterocycles. The fourth-order valence-corrected chi connectivity index (χ4v) is 4.47. The van der Waals surface area contributed by atoms with Crippen LogP contribution >= 0.6 is 11.6 Å². The molecule has 1 aliphatic heterocycles. The van der Waals surface area contributed by atoms with Crippen LogP contribution in [0.1, 0.15) is 12.0 Å². The molecule has 1 aromatic rings. The van der Waals surface area contributed by atoms with E-state index >= 15 is 0 Å². The van der Waals surface area contributed by atoms with Crippen molar-refractivity contribution in [1.29, 1.82) is 0 Å². The second-order valence-electron chi connectivity index (χ2n) is 6.76. The number of amides is 2. The number of terminal acetylenes is 1. The predicted molar refractivity (Wildman–Crippen MR) is 99.5 cm³/mol. The van der Waals surface area contributed by atoms with Gasteiger partial charge >= 0.3 is 0 Å². The normalized spacial score (nSPS) is 28.1. The zero-order valence-corrected chi connectivity index (χ0v) is 15.3. The van der Waals surface area contributed by atoms with Crippen LogP contribution in [0, 0.1) is 36.0 Å². The van der Waals surface area contributed by atoms with Crippen molar-refractivity contribution in [3.8, 4) is 23.8 Å². The van der Waals surface area contributed by atoms with Crippen molar-refractivity contribution in [3.05, 3.63) is 34.9 Å². The fourth-order valence-electron chi connectivity index (χ4n) is 4.19. The number of hydrazone groups is 1. The van der Waals surface area contributed by atoms with Crippen molar-refractivity contribution in [1.82, 2.24) is 5.01 Å². The number of rotatable bonds is 5. The Bertz CT molecular complexity index is 887. The van der Waals surface area contributed by atoms with Crippen molar-refractivity contribution in [3.63, 3.8) is 0 Å². The molecule has 1 heterocycles. The van der Waals surface area contributed by atoms with Gasteiger partial charge in [-0.15, -0.1) is 6.42 Å². The summed E-state index contributed by atoms with van der Waals surface area (Å²) in [4.78, 5) is 25.3. The Hall–Kier alpha value is -2.78. The highest BCUT2D eigenvalue weighted by atomic mass is 35.5. The number of carbonyl (C=O) groups excluding carboxylic acids is 2. The van der Waals surface area contributed by atoms with Gasteiger partial charge in [0.15, 0.2) is 11.5 Å². The fraction of sp³-hybridized carbons (Fsp3) is 0.350. The SMILES string of the molecule is C#CCOc1c(Cl)cc(C=NN2C(=O)[C@@H]3[C@H](C2=O)[C@H]2C=C[C@H]3C2)cc1OC. The lowest BCUT2D eigenvalue weighted by Crippen LogP contribution is -2.28. The van der Waals surface area contributed by atoms with Crippen LogP contribution < -0.4 is 9.47 Å². The van der Waals surface area contributed by atoms with Crippen molar-refractivity contribution >= 4 is 29.6 Å². The largest absolute Gasteiger partial charge is 0.493 e. The number of benzene rings is 1. The first kappa shape index (κ1) is 17.6. The Labute approximate surface area is 161 Å². The summed E-state index contributed by atoms with van der Waals surface area (Å²) in [5, 5.41) is 5.42. The van der Waals surface area contributed by atoms with E-state index < -0.39 is 0 Å². The standard InChI is InChI=1S/C20H17ClN2O4/c1-3-6-27-18-14(21)7-11(8-15(18)26-2)10-22-23-19(24)16-12-4-5-13(9-12)17(16)20(23)25/h1,4-5,7-8,10,12-13,16-17H,6,9H2,2H3/t12-,13-,16-,17+/m0/s1. The Morgan fingerprint density at radius 3 is 2.56 bits per heavy atom. The summed E-state index contributed by atoms with van der Waals surface area (Å²) in [5.41, 5.74) is 0.573. The van der Waals surface area contributed by atoms with Crippen LogP contribution in [-0.2, 0) is 9.59 Å². The highest BCUT2D eigenvalue weighted by Crippen LogP contribution is 2.52. The number of fused-ring (bicyclic) bond motifs is 5. The number of nitrogens with zero attached hydrogens (tertiary/aromatic N) is 2. The van der Waals surface area contributed by atoms with Gasteiger partial charge in [0.2, 0.25) is 0 Å². The van der Waals surface area contributed by atoms with Crippen LogP contribution in [0.4, 0.5) is 0 Å². The van der Waals surface area contributed by atoms with E-state index in [1.165, 1.54) is 13.3 Å². The summed E-state index contributed by atoms with van der Waals surface area (Å²) in [6, 6.07) is 3.26. The molecule has 4 atom stereocenters. The monoisotopic (exact) mass is 384 g/mol. The third-order valence-corrected chi connectivity index (χ3v) is 5.60. The van der Waals surface area contributed by atoms with Crippen LogP contribution in [0.15, 0.2) is 29.4 Å². The molecule has 0 spiro atoms. The summed E-state index contributed by atoms with van der Waals surface area (Å²) >= 11 is 6.24. The van der Waals surface area contributed by atoms with Crippen LogP contribution in [0.2, 0.25) is 5.02 Å². The van der Waals surface area contributed by atoms with Crippen LogP contribution in [0.25, 0.3) is 0 Å². The first-order valence-corrected chi connectivity index (χ1v) is 8.97. The molecule has 0 unspecified atom stereocenters. The minimum Gasteiger partial charge on any atom is -0.493 e. The number of allylic oxidation sites excluding steroid dienone is 2. The zero-order chi connectivity index (χ0) is 19.1. The van der Waals surface area contributed by atoms with Crippen LogP contribution in [0.3, 0.4) is 0 Å². The van der Waals surface area contributed by atoms with Gasteiger partial charge in [0.25, 0.3) is 11.8 Å². The third-order valence-electron chi connectivity index (χ3n) is 5.32. The molecule has 1 saturated carbocycles. The molecule has 7 heteroatoms. The lowest BCUT2D eigenvalue weighted by atomic mass is 9.85. The van der Waals surface area contributed by atoms with E-state index in [-0.39, 0.29) is 42.1 Å². The molecule has 2 amide bonds. The molecule has 0 aromatic heterocycles. The van der Waals surface area contributed by atoms with Gasteiger partial charge in [0.1, 0.15) is 6.61 Å². The summed E-state index contributed by atoms with van der Waals surface area (Å²) in [5.74, 6) is 2.37. The van der Waals surface area contributed by atoms with E-state index in [4.69, 9.17) is 27.5 Å². The summed E-state index contributed by atoms with van der Waals surface area (Å²) in [6.07, 6.45) is 11.6. The second kappa shape index (κ2) is 6.75. The Balaban J connectivity index is 1.57. The van der Waals surface area contributed by atoms with Crippen molar-refractivity contribution in [2.75, 3.05) is 13.7 Å². The highest BCUT2D eigenvalue weighted by molar-refractivity contribution is 6.32. The minimum atomic E-state index is -0.276. The topological polar surface area (TPSA) is 68.2 Å². The van der Waals surface area contributed by atoms with E-state index in [0.29, 0.717) is 22.1 Å². The Kier molecular flexibility index (Phi) is 4.40. The molecule has 138 valence electrons. The molecule has 0 radical (unpaired) electrons. The summed E-state index contributed by atoms with van der Waals surface area (Å²) < 4.78 is 10.7. The molecule has 27 heavy (non-hydrogen) atoms. The molecule has 3 aliphatic rings. The molecule has 0 N–H and O–H groups in total.